The van der Waals surface area contributed by atoms with Gasteiger partial charge in [-0.05, 0) is 24.3 Å². The summed E-state index contributed by atoms with van der Waals surface area (Å²) >= 11 is 0. The van der Waals surface area contributed by atoms with E-state index in [0.717, 1.165) is 16.6 Å². The van der Waals surface area contributed by atoms with Crippen LogP contribution in [0.25, 0.3) is 10.9 Å². The maximum atomic E-state index is 12.7. The van der Waals surface area contributed by atoms with Crippen molar-refractivity contribution in [1.82, 2.24) is 4.57 Å². The number of fused-ring (bicyclic) bond motifs is 3. The summed E-state index contributed by atoms with van der Waals surface area (Å²) in [6.45, 7) is 0. The molecule has 0 aliphatic carbocycles. The Morgan fingerprint density at radius 1 is 0.955 bits per heavy atom. The third-order valence-electron chi connectivity index (χ3n) is 4.12. The van der Waals surface area contributed by atoms with Gasteiger partial charge in [-0.3, -0.25) is 9.36 Å². The molecule has 0 N–H and O–H groups in total. The number of nitrogens with zero attached hydrogens (tertiary/aromatic N) is 1. The van der Waals surface area contributed by atoms with E-state index < -0.39 is 15.1 Å². The minimum absolute atomic E-state index is 0.198. The van der Waals surface area contributed by atoms with Gasteiger partial charge in [-0.25, -0.2) is 8.42 Å². The normalized spacial score (nSPS) is 17.8. The average Bonchev–Trinajstić information content (AvgIpc) is 3.05. The van der Waals surface area contributed by atoms with E-state index in [1.54, 1.807) is 22.8 Å². The van der Waals surface area contributed by atoms with Gasteiger partial charge in [0, 0.05) is 17.5 Å². The lowest BCUT2D eigenvalue weighted by molar-refractivity contribution is 0.0932. The Bertz CT molecular complexity index is 987. The lowest BCUT2D eigenvalue weighted by Crippen LogP contribution is -2.29. The van der Waals surface area contributed by atoms with Crippen molar-refractivity contribution in [2.75, 3.05) is 0 Å². The van der Waals surface area contributed by atoms with E-state index in [0.29, 0.717) is 0 Å². The highest BCUT2D eigenvalue weighted by Crippen LogP contribution is 2.31. The first kappa shape index (κ1) is 13.3. The van der Waals surface area contributed by atoms with Crippen LogP contribution in [0, 0.1) is 0 Å². The third kappa shape index (κ3) is 1.75. The van der Waals surface area contributed by atoms with Crippen molar-refractivity contribution in [3.05, 3.63) is 66.4 Å². The molecule has 0 bridgehead atoms. The third-order valence-corrected chi connectivity index (χ3v) is 6.17. The van der Waals surface area contributed by atoms with Gasteiger partial charge in [0.05, 0.1) is 10.4 Å². The topological polar surface area (TPSA) is 56.1 Å². The predicted octanol–water partition coefficient (Wildman–Crippen LogP) is 2.68. The maximum absolute atomic E-state index is 12.7. The highest BCUT2D eigenvalue weighted by Gasteiger charge is 2.41. The van der Waals surface area contributed by atoms with Crippen molar-refractivity contribution in [3.63, 3.8) is 0 Å². The molecule has 3 aromatic rings. The molecule has 2 heterocycles. The van der Waals surface area contributed by atoms with Crippen LogP contribution in [-0.2, 0) is 16.3 Å². The second-order valence-electron chi connectivity index (χ2n) is 5.42. The van der Waals surface area contributed by atoms with Crippen LogP contribution >= 0.6 is 0 Å². The zero-order valence-electron chi connectivity index (χ0n) is 11.6. The van der Waals surface area contributed by atoms with Crippen molar-refractivity contribution in [1.29, 1.82) is 0 Å². The lowest BCUT2D eigenvalue weighted by atomic mass is 10.2. The predicted molar refractivity (Wildman–Crippen MR) is 83.7 cm³/mol. The molecule has 110 valence electrons. The Morgan fingerprint density at radius 2 is 1.64 bits per heavy atom. The molecule has 2 aromatic carbocycles. The first-order valence-electron chi connectivity index (χ1n) is 7.01. The fourth-order valence-corrected chi connectivity index (χ4v) is 4.69. The molecular formula is C17H13NO3S. The van der Waals surface area contributed by atoms with Crippen LogP contribution < -0.4 is 0 Å². The molecule has 22 heavy (non-hydrogen) atoms. The van der Waals surface area contributed by atoms with Crippen LogP contribution in [0.15, 0.2) is 65.6 Å². The quantitative estimate of drug-likeness (QED) is 0.731. The van der Waals surface area contributed by atoms with Crippen LogP contribution in [0.1, 0.15) is 10.5 Å². The second kappa shape index (κ2) is 4.55. The molecule has 1 aliphatic heterocycles. The number of aromatic nitrogens is 1. The summed E-state index contributed by atoms with van der Waals surface area (Å²) in [7, 11) is -3.66. The van der Waals surface area contributed by atoms with Crippen LogP contribution in [0.5, 0.6) is 0 Å². The Morgan fingerprint density at radius 3 is 2.41 bits per heavy atom. The first-order valence-corrected chi connectivity index (χ1v) is 8.56. The molecule has 0 saturated carbocycles. The minimum atomic E-state index is -3.66. The van der Waals surface area contributed by atoms with Crippen molar-refractivity contribution in [2.24, 2.45) is 0 Å². The summed E-state index contributed by atoms with van der Waals surface area (Å²) in [6.07, 6.45) is 0.227. The van der Waals surface area contributed by atoms with Gasteiger partial charge in [0.2, 0.25) is 5.91 Å². The van der Waals surface area contributed by atoms with Crippen molar-refractivity contribution < 1.29 is 13.2 Å². The van der Waals surface area contributed by atoms with Crippen LogP contribution in [-0.4, -0.2) is 24.1 Å². The van der Waals surface area contributed by atoms with Crippen LogP contribution in [0.3, 0.4) is 0 Å². The molecular weight excluding hydrogens is 298 g/mol. The zero-order valence-corrected chi connectivity index (χ0v) is 12.5. The SMILES string of the molecule is O=C1C(S(=O)(=O)c2ccccc2)Cc2cc3ccccc3n21. The van der Waals surface area contributed by atoms with E-state index in [1.165, 1.54) is 12.1 Å². The van der Waals surface area contributed by atoms with E-state index in [1.807, 2.05) is 30.3 Å². The molecule has 1 aromatic heterocycles. The Balaban J connectivity index is 1.83. The molecule has 4 rings (SSSR count). The van der Waals surface area contributed by atoms with Gasteiger partial charge >= 0.3 is 0 Å². The summed E-state index contributed by atoms with van der Waals surface area (Å²) in [5.74, 6) is -0.361. The van der Waals surface area contributed by atoms with Crippen molar-refractivity contribution in [2.45, 2.75) is 16.6 Å². The van der Waals surface area contributed by atoms with Crippen LogP contribution in [0.2, 0.25) is 0 Å². The number of hydrogen-bond acceptors (Lipinski definition) is 3. The minimum Gasteiger partial charge on any atom is -0.283 e. The van der Waals surface area contributed by atoms with Gasteiger partial charge in [0.1, 0.15) is 0 Å². The number of hydrogen-bond donors (Lipinski definition) is 0. The summed E-state index contributed by atoms with van der Waals surface area (Å²) in [5.41, 5.74) is 1.53. The Hall–Kier alpha value is -2.40. The van der Waals surface area contributed by atoms with Gasteiger partial charge in [-0.15, -0.1) is 0 Å². The second-order valence-corrected chi connectivity index (χ2v) is 7.55. The highest BCUT2D eigenvalue weighted by atomic mass is 32.2. The molecule has 0 saturated heterocycles. The van der Waals surface area contributed by atoms with Gasteiger partial charge in [-0.2, -0.15) is 0 Å². The summed E-state index contributed by atoms with van der Waals surface area (Å²) in [4.78, 5) is 12.9. The van der Waals surface area contributed by atoms with Gasteiger partial charge in [-0.1, -0.05) is 36.4 Å². The molecule has 0 amide bonds. The van der Waals surface area contributed by atoms with E-state index in [-0.39, 0.29) is 17.2 Å². The average molecular weight is 311 g/mol. The smallest absolute Gasteiger partial charge is 0.250 e. The Kier molecular flexibility index (Phi) is 2.74. The fourth-order valence-electron chi connectivity index (χ4n) is 3.06. The number of carbonyl (C=O) groups excluding carboxylic acids is 1. The van der Waals surface area contributed by atoms with Gasteiger partial charge < -0.3 is 0 Å². The van der Waals surface area contributed by atoms with E-state index in [2.05, 4.69) is 0 Å². The molecule has 1 atom stereocenters. The lowest BCUT2D eigenvalue weighted by Gasteiger charge is -2.10. The molecule has 1 aliphatic rings. The fraction of sp³-hybridized carbons (Fsp3) is 0.118. The number of sulfone groups is 1. The van der Waals surface area contributed by atoms with E-state index >= 15 is 0 Å². The van der Waals surface area contributed by atoms with E-state index in [4.69, 9.17) is 0 Å². The maximum Gasteiger partial charge on any atom is 0.250 e. The monoisotopic (exact) mass is 311 g/mol. The summed E-state index contributed by atoms with van der Waals surface area (Å²) < 4.78 is 27.0. The number of para-hydroxylation sites is 1. The first-order chi connectivity index (χ1) is 10.6. The number of benzene rings is 2. The molecule has 4 nitrogen and oxygen atoms in total. The van der Waals surface area contributed by atoms with Crippen molar-refractivity contribution >= 4 is 26.6 Å². The largest absolute Gasteiger partial charge is 0.283 e. The zero-order chi connectivity index (χ0) is 15.3. The molecule has 0 spiro atoms. The number of carbonyl (C=O) groups is 1. The summed E-state index contributed by atoms with van der Waals surface area (Å²) in [6, 6.07) is 17.6. The molecule has 1 unspecified atom stereocenters. The van der Waals surface area contributed by atoms with Gasteiger partial charge in [0.25, 0.3) is 0 Å². The van der Waals surface area contributed by atoms with Gasteiger partial charge in [0.15, 0.2) is 15.1 Å². The highest BCUT2D eigenvalue weighted by molar-refractivity contribution is 7.92. The van der Waals surface area contributed by atoms with Crippen LogP contribution in [0.4, 0.5) is 0 Å². The standard InChI is InChI=1S/C17H13NO3S/c19-17-16(22(20,21)14-7-2-1-3-8-14)11-13-10-12-6-4-5-9-15(12)18(13)17/h1-10,16H,11H2. The summed E-state index contributed by atoms with van der Waals surface area (Å²) in [5, 5.41) is -0.0732. The molecule has 0 radical (unpaired) electrons. The molecule has 5 heteroatoms. The Labute approximate surface area is 127 Å². The van der Waals surface area contributed by atoms with Crippen molar-refractivity contribution in [3.8, 4) is 0 Å². The number of rotatable bonds is 2. The van der Waals surface area contributed by atoms with E-state index in [9.17, 15) is 13.2 Å². The molecule has 0 fully saturated rings.